The van der Waals surface area contributed by atoms with Crippen molar-refractivity contribution in [1.29, 1.82) is 0 Å². The van der Waals surface area contributed by atoms with E-state index < -0.39 is 24.3 Å². The molecule has 26 heavy (non-hydrogen) atoms. The molecule has 0 bridgehead atoms. The number of anilines is 1. The van der Waals surface area contributed by atoms with E-state index in [-0.39, 0.29) is 12.1 Å². The number of para-hydroxylation sites is 1. The summed E-state index contributed by atoms with van der Waals surface area (Å²) in [6.07, 6.45) is 0.491. The molecule has 0 saturated carbocycles. The van der Waals surface area contributed by atoms with Crippen molar-refractivity contribution < 1.29 is 28.2 Å². The van der Waals surface area contributed by atoms with Gasteiger partial charge >= 0.3 is 5.97 Å². The maximum absolute atomic E-state index is 13.4. The highest BCUT2D eigenvalue weighted by molar-refractivity contribution is 5.92. The number of aryl methyl sites for hydroxylation is 1. The zero-order valence-corrected chi connectivity index (χ0v) is 14.6. The quantitative estimate of drug-likeness (QED) is 0.732. The van der Waals surface area contributed by atoms with E-state index in [0.717, 1.165) is 5.56 Å². The van der Waals surface area contributed by atoms with Crippen LogP contribution in [0.1, 0.15) is 12.0 Å². The molecule has 0 aliphatic rings. The van der Waals surface area contributed by atoms with Crippen molar-refractivity contribution in [2.75, 3.05) is 26.1 Å². The van der Waals surface area contributed by atoms with Gasteiger partial charge < -0.3 is 19.5 Å². The van der Waals surface area contributed by atoms with Crippen molar-refractivity contribution in [3.63, 3.8) is 0 Å². The Hall–Kier alpha value is -3.09. The Balaban J connectivity index is 1.80. The summed E-state index contributed by atoms with van der Waals surface area (Å²) >= 11 is 0. The fraction of sp³-hybridized carbons (Fsp3) is 0.263. The molecule has 0 aromatic heterocycles. The average molecular weight is 361 g/mol. The summed E-state index contributed by atoms with van der Waals surface area (Å²) in [5, 5.41) is 2.35. The van der Waals surface area contributed by atoms with E-state index in [2.05, 4.69) is 5.32 Å². The van der Waals surface area contributed by atoms with Crippen LogP contribution in [0.15, 0.2) is 42.5 Å². The molecule has 0 heterocycles. The summed E-state index contributed by atoms with van der Waals surface area (Å²) in [7, 11) is 3.09. The van der Waals surface area contributed by atoms with Crippen LogP contribution < -0.4 is 14.8 Å². The highest BCUT2D eigenvalue weighted by Crippen LogP contribution is 2.23. The first-order chi connectivity index (χ1) is 12.5. The summed E-state index contributed by atoms with van der Waals surface area (Å²) in [4.78, 5) is 23.5. The maximum atomic E-state index is 13.4. The molecule has 0 unspecified atom stereocenters. The van der Waals surface area contributed by atoms with E-state index in [0.29, 0.717) is 17.9 Å². The van der Waals surface area contributed by atoms with Gasteiger partial charge in [-0.15, -0.1) is 0 Å². The number of hydrogen-bond donors (Lipinski definition) is 1. The van der Waals surface area contributed by atoms with Gasteiger partial charge in [0.1, 0.15) is 17.3 Å². The number of carbonyl (C=O) groups is 2. The van der Waals surface area contributed by atoms with Crippen molar-refractivity contribution >= 4 is 17.6 Å². The molecule has 1 N–H and O–H groups in total. The first-order valence-corrected chi connectivity index (χ1v) is 7.93. The van der Waals surface area contributed by atoms with Gasteiger partial charge in [-0.1, -0.05) is 12.1 Å². The number of halogens is 1. The topological polar surface area (TPSA) is 73.9 Å². The van der Waals surface area contributed by atoms with Gasteiger partial charge in [0.2, 0.25) is 0 Å². The predicted octanol–water partition coefficient (Wildman–Crippen LogP) is 2.96. The molecule has 0 aliphatic carbocycles. The zero-order valence-electron chi connectivity index (χ0n) is 14.6. The fourth-order valence-electron chi connectivity index (χ4n) is 2.22. The first kappa shape index (κ1) is 19.2. The zero-order chi connectivity index (χ0) is 18.9. The second kappa shape index (κ2) is 9.41. The highest BCUT2D eigenvalue weighted by atomic mass is 19.1. The molecule has 6 nitrogen and oxygen atoms in total. The van der Waals surface area contributed by atoms with Gasteiger partial charge in [-0.2, -0.15) is 0 Å². The van der Waals surface area contributed by atoms with E-state index in [1.165, 1.54) is 18.2 Å². The second-order valence-corrected chi connectivity index (χ2v) is 5.41. The molecular weight excluding hydrogens is 341 g/mol. The standard InChI is InChI=1S/C19H20FNO5/c1-24-14-9-13(10-15(11-14)25-2)7-8-19(23)26-12-18(22)21-17-6-4-3-5-16(17)20/h3-6,9-11H,7-8,12H2,1-2H3,(H,21,22). The summed E-state index contributed by atoms with van der Waals surface area (Å²) < 4.78 is 28.7. The van der Waals surface area contributed by atoms with Crippen molar-refractivity contribution in [2.24, 2.45) is 0 Å². The lowest BCUT2D eigenvalue weighted by atomic mass is 10.1. The van der Waals surface area contributed by atoms with Crippen LogP contribution in [-0.2, 0) is 20.7 Å². The van der Waals surface area contributed by atoms with Crippen LogP contribution in [-0.4, -0.2) is 32.7 Å². The Bertz CT molecular complexity index is 756. The van der Waals surface area contributed by atoms with Gasteiger partial charge in [-0.05, 0) is 36.2 Å². The molecule has 0 fully saturated rings. The van der Waals surface area contributed by atoms with Gasteiger partial charge in [0.15, 0.2) is 6.61 Å². The normalized spacial score (nSPS) is 10.1. The Morgan fingerprint density at radius 1 is 1.04 bits per heavy atom. The van der Waals surface area contributed by atoms with Crippen LogP contribution in [0, 0.1) is 5.82 Å². The Morgan fingerprint density at radius 3 is 2.31 bits per heavy atom. The number of carbonyl (C=O) groups excluding carboxylic acids is 2. The minimum Gasteiger partial charge on any atom is -0.497 e. The van der Waals surface area contributed by atoms with Gasteiger partial charge in [0, 0.05) is 12.5 Å². The molecule has 0 aliphatic heterocycles. The first-order valence-electron chi connectivity index (χ1n) is 7.93. The number of methoxy groups -OCH3 is 2. The molecule has 1 amide bonds. The van der Waals surface area contributed by atoms with Gasteiger partial charge in [0.05, 0.1) is 19.9 Å². The molecular formula is C19H20FNO5. The number of esters is 1. The van der Waals surface area contributed by atoms with Crippen molar-refractivity contribution in [3.8, 4) is 11.5 Å². The number of nitrogens with one attached hydrogen (secondary N) is 1. The van der Waals surface area contributed by atoms with E-state index in [1.54, 1.807) is 38.5 Å². The van der Waals surface area contributed by atoms with Gasteiger partial charge in [-0.25, -0.2) is 4.39 Å². The SMILES string of the molecule is COc1cc(CCC(=O)OCC(=O)Nc2ccccc2F)cc(OC)c1. The van der Waals surface area contributed by atoms with Crippen molar-refractivity contribution in [2.45, 2.75) is 12.8 Å². The van der Waals surface area contributed by atoms with Crippen LogP contribution in [0.2, 0.25) is 0 Å². The molecule has 0 radical (unpaired) electrons. The minimum atomic E-state index is -0.605. The van der Waals surface area contributed by atoms with E-state index in [1.807, 2.05) is 0 Å². The van der Waals surface area contributed by atoms with Crippen LogP contribution in [0.25, 0.3) is 0 Å². The third-order valence-corrected chi connectivity index (χ3v) is 3.54. The van der Waals surface area contributed by atoms with Crippen LogP contribution in [0.4, 0.5) is 10.1 Å². The van der Waals surface area contributed by atoms with Crippen LogP contribution >= 0.6 is 0 Å². The molecule has 2 rings (SSSR count). The van der Waals surface area contributed by atoms with Gasteiger partial charge in [-0.3, -0.25) is 9.59 Å². The molecule has 138 valence electrons. The lowest BCUT2D eigenvalue weighted by molar-refractivity contribution is -0.147. The average Bonchev–Trinajstić information content (AvgIpc) is 2.66. The van der Waals surface area contributed by atoms with Crippen molar-refractivity contribution in [1.82, 2.24) is 0 Å². The number of rotatable bonds is 8. The van der Waals surface area contributed by atoms with Crippen LogP contribution in [0.3, 0.4) is 0 Å². The predicted molar refractivity (Wildman–Crippen MR) is 93.9 cm³/mol. The second-order valence-electron chi connectivity index (χ2n) is 5.41. The van der Waals surface area contributed by atoms with E-state index >= 15 is 0 Å². The highest BCUT2D eigenvalue weighted by Gasteiger charge is 2.11. The third kappa shape index (κ3) is 5.77. The van der Waals surface area contributed by atoms with Crippen LogP contribution in [0.5, 0.6) is 11.5 Å². The monoisotopic (exact) mass is 361 g/mol. The smallest absolute Gasteiger partial charge is 0.306 e. The molecule has 2 aromatic carbocycles. The summed E-state index contributed by atoms with van der Waals surface area (Å²) in [6.45, 7) is -0.478. The number of amides is 1. The molecule has 0 spiro atoms. The molecule has 2 aromatic rings. The third-order valence-electron chi connectivity index (χ3n) is 3.54. The fourth-order valence-corrected chi connectivity index (χ4v) is 2.22. The van der Waals surface area contributed by atoms with Gasteiger partial charge in [0.25, 0.3) is 5.91 Å². The number of ether oxygens (including phenoxy) is 3. The Kier molecular flexibility index (Phi) is 6.96. The molecule has 0 saturated heterocycles. The molecule has 0 atom stereocenters. The summed E-state index contributed by atoms with van der Waals surface area (Å²) in [6, 6.07) is 11.1. The summed E-state index contributed by atoms with van der Waals surface area (Å²) in [5.74, 6) is -0.449. The lowest BCUT2D eigenvalue weighted by Crippen LogP contribution is -2.21. The Labute approximate surface area is 150 Å². The van der Waals surface area contributed by atoms with E-state index in [4.69, 9.17) is 14.2 Å². The minimum absolute atomic E-state index is 0.0389. The summed E-state index contributed by atoms with van der Waals surface area (Å²) in [5.41, 5.74) is 0.881. The lowest BCUT2D eigenvalue weighted by Gasteiger charge is -2.09. The van der Waals surface area contributed by atoms with E-state index in [9.17, 15) is 14.0 Å². The number of hydrogen-bond acceptors (Lipinski definition) is 5. The van der Waals surface area contributed by atoms with Crippen molar-refractivity contribution in [3.05, 3.63) is 53.8 Å². The Morgan fingerprint density at radius 2 is 1.69 bits per heavy atom. The largest absolute Gasteiger partial charge is 0.497 e. The molecule has 7 heteroatoms. The maximum Gasteiger partial charge on any atom is 0.306 e. The number of benzene rings is 2.